The zero-order valence-corrected chi connectivity index (χ0v) is 17.8. The number of amides is 1. The van der Waals surface area contributed by atoms with Crippen LogP contribution in [0.1, 0.15) is 37.4 Å². The van der Waals surface area contributed by atoms with Gasteiger partial charge in [-0.3, -0.25) is 4.79 Å². The Morgan fingerprint density at radius 2 is 1.77 bits per heavy atom. The van der Waals surface area contributed by atoms with Gasteiger partial charge in [0.15, 0.2) is 0 Å². The molecule has 2 aromatic carbocycles. The summed E-state index contributed by atoms with van der Waals surface area (Å²) < 4.78 is 39.3. The van der Waals surface area contributed by atoms with Gasteiger partial charge in [-0.05, 0) is 49.1 Å². The van der Waals surface area contributed by atoms with Crippen LogP contribution in [0.5, 0.6) is 0 Å². The summed E-state index contributed by atoms with van der Waals surface area (Å²) in [6.45, 7) is 0.405. The van der Waals surface area contributed by atoms with Crippen LogP contribution in [0.3, 0.4) is 0 Å². The summed E-state index contributed by atoms with van der Waals surface area (Å²) in [6.07, 6.45) is 1.65. The van der Waals surface area contributed by atoms with Gasteiger partial charge in [0, 0.05) is 26.1 Å². The van der Waals surface area contributed by atoms with E-state index in [9.17, 15) is 22.7 Å². The molecule has 1 N–H and O–H groups in total. The van der Waals surface area contributed by atoms with Crippen molar-refractivity contribution in [2.75, 3.05) is 20.1 Å². The Morgan fingerprint density at radius 1 is 1.13 bits per heavy atom. The number of nitrogens with zero attached hydrogens (tertiary/aromatic N) is 2. The first-order valence-corrected chi connectivity index (χ1v) is 11.5. The molecule has 0 aromatic heterocycles. The number of carbonyl (C=O) groups excluding carboxylic acids is 1. The topological polar surface area (TPSA) is 77.9 Å². The maximum Gasteiger partial charge on any atom is 0.242 e. The van der Waals surface area contributed by atoms with Crippen molar-refractivity contribution < 1.29 is 22.7 Å². The van der Waals surface area contributed by atoms with Crippen molar-refractivity contribution >= 4 is 15.9 Å². The van der Waals surface area contributed by atoms with E-state index in [0.29, 0.717) is 6.42 Å². The van der Waals surface area contributed by atoms with Gasteiger partial charge in [0.25, 0.3) is 0 Å². The summed E-state index contributed by atoms with van der Waals surface area (Å²) in [6, 6.07) is 14.0. The van der Waals surface area contributed by atoms with Gasteiger partial charge >= 0.3 is 0 Å². The molecule has 1 atom stereocenters. The third-order valence-electron chi connectivity index (χ3n) is 5.25. The van der Waals surface area contributed by atoms with Gasteiger partial charge in [-0.2, -0.15) is 0 Å². The lowest BCUT2D eigenvalue weighted by molar-refractivity contribution is -0.133. The van der Waals surface area contributed by atoms with Gasteiger partial charge < -0.3 is 10.0 Å². The molecule has 1 aliphatic rings. The average Bonchev–Trinajstić information content (AvgIpc) is 3.57. The van der Waals surface area contributed by atoms with E-state index in [0.717, 1.165) is 30.5 Å². The summed E-state index contributed by atoms with van der Waals surface area (Å²) in [4.78, 5) is 14.5. The van der Waals surface area contributed by atoms with Crippen LogP contribution >= 0.6 is 0 Å². The Balaban J connectivity index is 1.53. The van der Waals surface area contributed by atoms with Crippen LogP contribution in [0.15, 0.2) is 59.5 Å². The molecule has 8 heteroatoms. The number of sulfonamides is 1. The van der Waals surface area contributed by atoms with E-state index in [4.69, 9.17) is 0 Å². The Hall–Kier alpha value is -2.29. The maximum absolute atomic E-state index is 13.0. The van der Waals surface area contributed by atoms with Crippen LogP contribution in [0.2, 0.25) is 0 Å². The lowest BCUT2D eigenvalue weighted by atomic mass is 10.1. The molecule has 0 bridgehead atoms. The van der Waals surface area contributed by atoms with Crippen molar-refractivity contribution in [1.82, 2.24) is 9.21 Å². The number of benzene rings is 2. The number of halogens is 1. The zero-order chi connectivity index (χ0) is 21.7. The van der Waals surface area contributed by atoms with Crippen molar-refractivity contribution in [3.8, 4) is 0 Å². The van der Waals surface area contributed by atoms with E-state index in [1.807, 2.05) is 30.3 Å². The number of rotatable bonds is 10. The highest BCUT2D eigenvalue weighted by Gasteiger charge is 2.33. The second-order valence-electron chi connectivity index (χ2n) is 7.59. The van der Waals surface area contributed by atoms with Crippen LogP contribution in [-0.2, 0) is 14.8 Å². The third kappa shape index (κ3) is 5.65. The van der Waals surface area contributed by atoms with Crippen molar-refractivity contribution in [1.29, 1.82) is 0 Å². The molecular weight excluding hydrogens is 407 g/mol. The number of aliphatic hydroxyl groups excluding tert-OH is 1. The molecule has 1 fully saturated rings. The fraction of sp³-hybridized carbons (Fsp3) is 0.409. The molecule has 3 rings (SSSR count). The second-order valence-corrected chi connectivity index (χ2v) is 9.63. The Morgan fingerprint density at radius 3 is 2.37 bits per heavy atom. The van der Waals surface area contributed by atoms with E-state index in [1.165, 1.54) is 23.5 Å². The van der Waals surface area contributed by atoms with Crippen molar-refractivity contribution in [2.24, 2.45) is 0 Å². The average molecular weight is 435 g/mol. The summed E-state index contributed by atoms with van der Waals surface area (Å²) in [5.74, 6) is -0.583. The highest BCUT2D eigenvalue weighted by Crippen LogP contribution is 2.29. The zero-order valence-electron chi connectivity index (χ0n) is 16.9. The number of hydrogen-bond donors (Lipinski definition) is 1. The molecule has 6 nitrogen and oxygen atoms in total. The minimum Gasteiger partial charge on any atom is -0.387 e. The standard InChI is InChI=1S/C22H27FN2O4S/c1-24(30(28,29)20-13-9-18(23)10-14-20)15-5-8-22(27)25(19-11-12-19)16-21(26)17-6-3-2-4-7-17/h2-4,6-7,9-10,13-14,19,21,26H,5,8,11-12,15-16H2,1H3/t21-/m1/s1. The van der Waals surface area contributed by atoms with Crippen molar-refractivity contribution in [2.45, 2.75) is 42.7 Å². The molecule has 0 unspecified atom stereocenters. The fourth-order valence-corrected chi connectivity index (χ4v) is 4.52. The number of carbonyl (C=O) groups is 1. The predicted molar refractivity (Wildman–Crippen MR) is 112 cm³/mol. The monoisotopic (exact) mass is 434 g/mol. The van der Waals surface area contributed by atoms with E-state index in [2.05, 4.69) is 0 Å². The summed E-state index contributed by atoms with van der Waals surface area (Å²) in [5, 5.41) is 10.5. The van der Waals surface area contributed by atoms with Gasteiger partial charge in [-0.1, -0.05) is 30.3 Å². The molecule has 0 radical (unpaired) electrons. The Bertz CT molecular complexity index is 947. The molecule has 2 aromatic rings. The Kier molecular flexibility index (Phi) is 7.23. The lowest BCUT2D eigenvalue weighted by Gasteiger charge is -2.26. The molecule has 0 spiro atoms. The summed E-state index contributed by atoms with van der Waals surface area (Å²) in [5.41, 5.74) is 0.765. The molecule has 0 saturated heterocycles. The molecule has 0 aliphatic heterocycles. The largest absolute Gasteiger partial charge is 0.387 e. The first-order valence-electron chi connectivity index (χ1n) is 10.0. The molecule has 1 aliphatic carbocycles. The van der Waals surface area contributed by atoms with Crippen LogP contribution < -0.4 is 0 Å². The highest BCUT2D eigenvalue weighted by molar-refractivity contribution is 7.89. The smallest absolute Gasteiger partial charge is 0.242 e. The summed E-state index contributed by atoms with van der Waals surface area (Å²) in [7, 11) is -2.29. The molecule has 0 heterocycles. The van der Waals surface area contributed by atoms with Gasteiger partial charge in [0.05, 0.1) is 17.5 Å². The minimum atomic E-state index is -3.73. The number of aliphatic hydroxyl groups is 1. The third-order valence-corrected chi connectivity index (χ3v) is 7.12. The molecule has 30 heavy (non-hydrogen) atoms. The summed E-state index contributed by atoms with van der Waals surface area (Å²) >= 11 is 0. The minimum absolute atomic E-state index is 0.0170. The molecular formula is C22H27FN2O4S. The number of hydrogen-bond acceptors (Lipinski definition) is 4. The molecule has 162 valence electrons. The van der Waals surface area contributed by atoms with Crippen LogP contribution in [0, 0.1) is 5.82 Å². The van der Waals surface area contributed by atoms with Crippen molar-refractivity contribution in [3.63, 3.8) is 0 Å². The molecule has 1 saturated carbocycles. The first-order chi connectivity index (χ1) is 14.3. The van der Waals surface area contributed by atoms with Gasteiger partial charge in [-0.25, -0.2) is 17.1 Å². The van der Waals surface area contributed by atoms with E-state index in [1.54, 1.807) is 4.90 Å². The Labute approximate surface area is 177 Å². The fourth-order valence-electron chi connectivity index (χ4n) is 3.31. The van der Waals surface area contributed by atoms with Gasteiger partial charge in [0.2, 0.25) is 15.9 Å². The maximum atomic E-state index is 13.0. The SMILES string of the molecule is CN(CCCC(=O)N(C[C@@H](O)c1ccccc1)C1CC1)S(=O)(=O)c1ccc(F)cc1. The van der Waals surface area contributed by atoms with Crippen LogP contribution in [-0.4, -0.2) is 54.8 Å². The second kappa shape index (κ2) is 9.68. The van der Waals surface area contributed by atoms with Crippen molar-refractivity contribution in [3.05, 3.63) is 66.0 Å². The quantitative estimate of drug-likeness (QED) is 0.624. The molecule has 1 amide bonds. The normalized spacial score (nSPS) is 15.2. The van der Waals surface area contributed by atoms with Gasteiger partial charge in [0.1, 0.15) is 5.82 Å². The van der Waals surface area contributed by atoms with E-state index < -0.39 is 21.9 Å². The van der Waals surface area contributed by atoms with E-state index in [-0.39, 0.29) is 36.4 Å². The van der Waals surface area contributed by atoms with Crippen LogP contribution in [0.25, 0.3) is 0 Å². The first kappa shape index (κ1) is 22.4. The van der Waals surface area contributed by atoms with Gasteiger partial charge in [-0.15, -0.1) is 0 Å². The predicted octanol–water partition coefficient (Wildman–Crippen LogP) is 2.95. The van der Waals surface area contributed by atoms with Crippen LogP contribution in [0.4, 0.5) is 4.39 Å². The van der Waals surface area contributed by atoms with E-state index >= 15 is 0 Å². The lowest BCUT2D eigenvalue weighted by Crippen LogP contribution is -2.37. The highest BCUT2D eigenvalue weighted by atomic mass is 32.2.